The molecule has 0 saturated carbocycles. The maximum absolute atomic E-state index is 5.87. The zero-order chi connectivity index (χ0) is 28.2. The molecule has 0 radical (unpaired) electrons. The predicted molar refractivity (Wildman–Crippen MR) is 170 cm³/mol. The lowest BCUT2D eigenvalue weighted by atomic mass is 10.0. The van der Waals surface area contributed by atoms with Gasteiger partial charge in [0.25, 0.3) is 0 Å². The molecular formula is C34H43BrN4O. The third-order valence-electron chi connectivity index (χ3n) is 7.48. The van der Waals surface area contributed by atoms with Crippen molar-refractivity contribution in [2.24, 2.45) is 0 Å². The molecule has 0 unspecified atom stereocenters. The highest BCUT2D eigenvalue weighted by molar-refractivity contribution is 9.10. The van der Waals surface area contributed by atoms with Gasteiger partial charge in [-0.15, -0.1) is 0 Å². The third kappa shape index (κ3) is 9.05. The van der Waals surface area contributed by atoms with E-state index in [9.17, 15) is 0 Å². The van der Waals surface area contributed by atoms with Crippen molar-refractivity contribution < 1.29 is 4.74 Å². The lowest BCUT2D eigenvalue weighted by Gasteiger charge is -2.32. The topological polar surface area (TPSA) is 40.6 Å². The minimum atomic E-state index is 0.608. The molecule has 1 N–H and O–H groups in total. The van der Waals surface area contributed by atoms with E-state index in [1.807, 2.05) is 12.1 Å². The van der Waals surface area contributed by atoms with E-state index >= 15 is 0 Å². The molecule has 3 aromatic rings. The van der Waals surface area contributed by atoms with E-state index in [-0.39, 0.29) is 0 Å². The summed E-state index contributed by atoms with van der Waals surface area (Å²) in [5.41, 5.74) is 5.53. The Morgan fingerprint density at radius 1 is 1.12 bits per heavy atom. The number of methoxy groups -OCH3 is 1. The van der Waals surface area contributed by atoms with E-state index in [0.717, 1.165) is 72.6 Å². The summed E-state index contributed by atoms with van der Waals surface area (Å²) < 4.78 is 6.86. The van der Waals surface area contributed by atoms with Gasteiger partial charge in [-0.2, -0.15) is 0 Å². The highest BCUT2D eigenvalue weighted by Crippen LogP contribution is 2.27. The Morgan fingerprint density at radius 2 is 1.93 bits per heavy atom. The van der Waals surface area contributed by atoms with Gasteiger partial charge >= 0.3 is 0 Å². The van der Waals surface area contributed by atoms with Crippen LogP contribution in [0.2, 0.25) is 0 Å². The van der Waals surface area contributed by atoms with E-state index in [1.54, 1.807) is 13.3 Å². The quantitative estimate of drug-likeness (QED) is 0.208. The van der Waals surface area contributed by atoms with Crippen LogP contribution in [-0.4, -0.2) is 47.6 Å². The standard InChI is InChI=1S/C34H43BrN4O/c1-4-5-9-20-39(27(2)33-24-31(35)15-19-37-33)26-30-13-12-29(23-34(30)40-3)25-38-21-16-32(17-22-38)36-18-14-28-10-7-6-8-11-28/h6-13,15,19-20,23-24,32,36H,2,4-5,14,16-18,21-22,25-26H2,1,3H3/b20-9-. The molecule has 0 atom stereocenters. The molecule has 1 aromatic heterocycles. The second-order valence-corrected chi connectivity index (χ2v) is 11.4. The van der Waals surface area contributed by atoms with Gasteiger partial charge in [0.1, 0.15) is 5.75 Å². The van der Waals surface area contributed by atoms with Gasteiger partial charge in [0, 0.05) is 35.0 Å². The number of unbranched alkanes of at least 4 members (excludes halogenated alkanes) is 1. The number of allylic oxidation sites excluding steroid dienone is 1. The van der Waals surface area contributed by atoms with Crippen molar-refractivity contribution in [2.75, 3.05) is 26.7 Å². The van der Waals surface area contributed by atoms with Crippen LogP contribution in [0, 0.1) is 0 Å². The molecule has 1 aliphatic heterocycles. The molecule has 6 heteroatoms. The van der Waals surface area contributed by atoms with Gasteiger partial charge in [-0.25, -0.2) is 0 Å². The smallest absolute Gasteiger partial charge is 0.124 e. The molecule has 212 valence electrons. The van der Waals surface area contributed by atoms with Crippen molar-refractivity contribution in [1.82, 2.24) is 20.1 Å². The van der Waals surface area contributed by atoms with Crippen LogP contribution < -0.4 is 10.1 Å². The summed E-state index contributed by atoms with van der Waals surface area (Å²) in [6.45, 7) is 11.4. The first-order valence-corrected chi connectivity index (χ1v) is 15.2. The highest BCUT2D eigenvalue weighted by Gasteiger charge is 2.20. The molecule has 1 saturated heterocycles. The second-order valence-electron chi connectivity index (χ2n) is 10.5. The summed E-state index contributed by atoms with van der Waals surface area (Å²) >= 11 is 3.56. The van der Waals surface area contributed by atoms with E-state index in [0.29, 0.717) is 12.6 Å². The van der Waals surface area contributed by atoms with E-state index in [2.05, 4.69) is 110 Å². The highest BCUT2D eigenvalue weighted by atomic mass is 79.9. The SMILES string of the molecule is C=C(c1cc(Br)ccn1)N(/C=C\CCC)Cc1ccc(CN2CCC(NCCc3ccccc3)CC2)cc1OC. The number of rotatable bonds is 14. The fourth-order valence-electron chi connectivity index (χ4n) is 5.14. The Kier molecular flexibility index (Phi) is 11.8. The molecule has 0 amide bonds. The number of ether oxygens (including phenoxy) is 1. The number of hydrogen-bond acceptors (Lipinski definition) is 5. The minimum absolute atomic E-state index is 0.608. The summed E-state index contributed by atoms with van der Waals surface area (Å²) in [6.07, 6.45) is 11.7. The number of aromatic nitrogens is 1. The third-order valence-corrected chi connectivity index (χ3v) is 7.97. The van der Waals surface area contributed by atoms with Crippen LogP contribution in [0.4, 0.5) is 0 Å². The Morgan fingerprint density at radius 3 is 2.65 bits per heavy atom. The van der Waals surface area contributed by atoms with Gasteiger partial charge in [-0.1, -0.05) is 84.4 Å². The Hall–Kier alpha value is -2.93. The average molecular weight is 604 g/mol. The summed E-state index contributed by atoms with van der Waals surface area (Å²) in [7, 11) is 1.76. The summed E-state index contributed by atoms with van der Waals surface area (Å²) in [5.74, 6) is 0.916. The van der Waals surface area contributed by atoms with Gasteiger partial charge < -0.3 is 15.0 Å². The maximum Gasteiger partial charge on any atom is 0.124 e. The van der Waals surface area contributed by atoms with Crippen molar-refractivity contribution in [2.45, 2.75) is 58.2 Å². The predicted octanol–water partition coefficient (Wildman–Crippen LogP) is 7.44. The van der Waals surface area contributed by atoms with Gasteiger partial charge in [0.05, 0.1) is 25.0 Å². The number of halogens is 1. The maximum atomic E-state index is 5.87. The molecule has 0 aliphatic carbocycles. The lowest BCUT2D eigenvalue weighted by Crippen LogP contribution is -2.42. The fraction of sp³-hybridized carbons (Fsp3) is 0.382. The molecule has 2 heterocycles. The van der Waals surface area contributed by atoms with Crippen molar-refractivity contribution in [3.63, 3.8) is 0 Å². The first-order chi connectivity index (χ1) is 19.6. The largest absolute Gasteiger partial charge is 0.496 e. The van der Waals surface area contributed by atoms with Gasteiger partial charge in [0.15, 0.2) is 0 Å². The molecule has 4 rings (SSSR count). The molecule has 1 fully saturated rings. The summed E-state index contributed by atoms with van der Waals surface area (Å²) in [5, 5.41) is 3.77. The summed E-state index contributed by atoms with van der Waals surface area (Å²) in [6, 6.07) is 21.9. The second kappa shape index (κ2) is 15.8. The Bertz CT molecular complexity index is 1240. The van der Waals surface area contributed by atoms with Crippen LogP contribution in [0.25, 0.3) is 5.70 Å². The van der Waals surface area contributed by atoms with Crippen molar-refractivity contribution in [3.05, 3.63) is 113 Å². The van der Waals surface area contributed by atoms with E-state index < -0.39 is 0 Å². The molecule has 40 heavy (non-hydrogen) atoms. The summed E-state index contributed by atoms with van der Waals surface area (Å²) in [4.78, 5) is 9.27. The zero-order valence-corrected chi connectivity index (χ0v) is 25.6. The van der Waals surface area contributed by atoms with Gasteiger partial charge in [-0.05, 0) is 74.6 Å². The van der Waals surface area contributed by atoms with Crippen LogP contribution in [0.3, 0.4) is 0 Å². The van der Waals surface area contributed by atoms with Crippen LogP contribution in [0.5, 0.6) is 5.75 Å². The number of likely N-dealkylation sites (tertiary alicyclic amines) is 1. The van der Waals surface area contributed by atoms with Crippen LogP contribution in [-0.2, 0) is 19.5 Å². The number of nitrogens with one attached hydrogen (secondary N) is 1. The first-order valence-electron chi connectivity index (χ1n) is 14.4. The van der Waals surface area contributed by atoms with Crippen LogP contribution in [0.1, 0.15) is 55.0 Å². The number of hydrogen-bond donors (Lipinski definition) is 1. The van der Waals surface area contributed by atoms with Gasteiger partial charge in [0.2, 0.25) is 0 Å². The van der Waals surface area contributed by atoms with E-state index in [1.165, 1.54) is 24.0 Å². The van der Waals surface area contributed by atoms with Crippen molar-refractivity contribution >= 4 is 21.6 Å². The normalized spacial score (nSPS) is 14.5. The molecule has 0 bridgehead atoms. The monoisotopic (exact) mass is 602 g/mol. The van der Waals surface area contributed by atoms with Crippen LogP contribution >= 0.6 is 15.9 Å². The molecule has 5 nitrogen and oxygen atoms in total. The molecule has 0 spiro atoms. The molecular weight excluding hydrogens is 560 g/mol. The fourth-order valence-corrected chi connectivity index (χ4v) is 5.47. The van der Waals surface area contributed by atoms with Crippen molar-refractivity contribution in [3.8, 4) is 5.75 Å². The first kappa shape index (κ1) is 30.0. The van der Waals surface area contributed by atoms with Crippen molar-refractivity contribution in [1.29, 1.82) is 0 Å². The molecule has 2 aromatic carbocycles. The number of piperidine rings is 1. The van der Waals surface area contributed by atoms with E-state index in [4.69, 9.17) is 4.74 Å². The number of nitrogens with zero attached hydrogens (tertiary/aromatic N) is 3. The minimum Gasteiger partial charge on any atom is -0.496 e. The Labute approximate surface area is 249 Å². The number of pyridine rings is 1. The average Bonchev–Trinajstić information content (AvgIpc) is 2.98. The van der Waals surface area contributed by atoms with Crippen LogP contribution in [0.15, 0.2) is 90.2 Å². The van der Waals surface area contributed by atoms with Gasteiger partial charge in [-0.3, -0.25) is 9.88 Å². The molecule has 1 aliphatic rings. The zero-order valence-electron chi connectivity index (χ0n) is 24.0. The number of benzene rings is 2. The lowest BCUT2D eigenvalue weighted by molar-refractivity contribution is 0.191. The Balaban J connectivity index is 1.33.